The summed E-state index contributed by atoms with van der Waals surface area (Å²) in [6.07, 6.45) is 2.10. The van der Waals surface area contributed by atoms with Crippen molar-refractivity contribution in [1.82, 2.24) is 9.97 Å². The first-order valence-electron chi connectivity index (χ1n) is 12.8. The zero-order valence-electron chi connectivity index (χ0n) is 22.4. The number of carbonyl (C=O) groups is 2. The van der Waals surface area contributed by atoms with Gasteiger partial charge in [-0.1, -0.05) is 50.9 Å². The van der Waals surface area contributed by atoms with E-state index in [1.165, 1.54) is 26.5 Å². The summed E-state index contributed by atoms with van der Waals surface area (Å²) in [6, 6.07) is 8.75. The maximum atomic E-state index is 13.9. The molecule has 2 N–H and O–H groups in total. The predicted octanol–water partition coefficient (Wildman–Crippen LogP) is 5.83. The maximum absolute atomic E-state index is 13.9. The molecule has 0 radical (unpaired) electrons. The lowest BCUT2D eigenvalue weighted by Gasteiger charge is -2.36. The van der Waals surface area contributed by atoms with E-state index in [2.05, 4.69) is 4.98 Å². The number of aliphatic hydroxyl groups is 1. The van der Waals surface area contributed by atoms with E-state index in [9.17, 15) is 14.7 Å². The Morgan fingerprint density at radius 3 is 2.67 bits per heavy atom. The number of para-hydroxylation sites is 2. The molecule has 10 heteroatoms. The number of H-pyrrole nitrogens is 1. The van der Waals surface area contributed by atoms with Crippen molar-refractivity contribution in [2.45, 2.75) is 45.3 Å². The van der Waals surface area contributed by atoms with Crippen LogP contribution in [0.2, 0.25) is 5.02 Å². The van der Waals surface area contributed by atoms with Gasteiger partial charge in [-0.3, -0.25) is 14.6 Å². The quantitative estimate of drug-likeness (QED) is 0.354. The van der Waals surface area contributed by atoms with Crippen molar-refractivity contribution in [1.29, 1.82) is 0 Å². The molecule has 204 valence electrons. The van der Waals surface area contributed by atoms with Crippen molar-refractivity contribution in [2.75, 3.05) is 14.2 Å². The molecule has 1 aromatic heterocycles. The number of ether oxygens (including phenoxy) is 3. The molecule has 2 aliphatic rings. The molecule has 5 rings (SSSR count). The van der Waals surface area contributed by atoms with Crippen LogP contribution >= 0.6 is 11.6 Å². The Balaban J connectivity index is 1.61. The molecule has 1 aliphatic heterocycles. The van der Waals surface area contributed by atoms with Gasteiger partial charge in [-0.25, -0.2) is 4.98 Å². The van der Waals surface area contributed by atoms with Crippen LogP contribution < -0.4 is 14.2 Å². The third-order valence-electron chi connectivity index (χ3n) is 7.75. The second-order valence-corrected chi connectivity index (χ2v) is 10.4. The highest BCUT2D eigenvalue weighted by Gasteiger charge is 2.60. The molecule has 39 heavy (non-hydrogen) atoms. The van der Waals surface area contributed by atoms with E-state index in [0.29, 0.717) is 5.82 Å². The number of allylic oxidation sites excluding steroid dienone is 1. The Bertz CT molecular complexity index is 1510. The van der Waals surface area contributed by atoms with Gasteiger partial charge in [0, 0.05) is 24.6 Å². The van der Waals surface area contributed by atoms with Crippen LogP contribution in [0.1, 0.15) is 55.8 Å². The molecule has 0 amide bonds. The van der Waals surface area contributed by atoms with E-state index >= 15 is 0 Å². The summed E-state index contributed by atoms with van der Waals surface area (Å²) in [5.41, 5.74) is -0.161. The minimum Gasteiger partial charge on any atom is -0.507 e. The highest BCUT2D eigenvalue weighted by Crippen LogP contribution is 2.54. The van der Waals surface area contributed by atoms with Gasteiger partial charge < -0.3 is 24.3 Å². The monoisotopic (exact) mass is 551 g/mol. The Morgan fingerprint density at radius 2 is 2.00 bits per heavy atom. The maximum Gasteiger partial charge on any atom is 0.231 e. The van der Waals surface area contributed by atoms with Crippen molar-refractivity contribution in [2.24, 2.45) is 16.8 Å². The fourth-order valence-electron chi connectivity index (χ4n) is 5.29. The number of rotatable bonds is 7. The summed E-state index contributed by atoms with van der Waals surface area (Å²) >= 11 is 6.51. The number of hydrogen-bond donors (Lipinski definition) is 2. The van der Waals surface area contributed by atoms with Crippen LogP contribution in [0.3, 0.4) is 0 Å². The van der Waals surface area contributed by atoms with E-state index < -0.39 is 29.1 Å². The number of nitrogens with zero attached hydrogens (tertiary/aromatic N) is 2. The predicted molar refractivity (Wildman–Crippen MR) is 147 cm³/mol. The van der Waals surface area contributed by atoms with Crippen LogP contribution in [0.4, 0.5) is 0 Å². The van der Waals surface area contributed by atoms with E-state index in [-0.39, 0.29) is 51.5 Å². The van der Waals surface area contributed by atoms with E-state index in [0.717, 1.165) is 17.5 Å². The zero-order chi connectivity index (χ0) is 28.1. The fourth-order valence-corrected chi connectivity index (χ4v) is 5.55. The normalized spacial score (nSPS) is 22.5. The van der Waals surface area contributed by atoms with Crippen LogP contribution in [0.15, 0.2) is 46.7 Å². The van der Waals surface area contributed by atoms with Crippen molar-refractivity contribution < 1.29 is 28.9 Å². The first-order valence-corrected chi connectivity index (χ1v) is 13.2. The number of nitrogens with one attached hydrogen (secondary N) is 1. The molecule has 4 atom stereocenters. The molecule has 0 saturated carbocycles. The van der Waals surface area contributed by atoms with Gasteiger partial charge in [-0.15, -0.1) is 0 Å². The molecule has 0 saturated heterocycles. The minimum atomic E-state index is -1.86. The van der Waals surface area contributed by atoms with Crippen molar-refractivity contribution in [3.8, 4) is 17.2 Å². The summed E-state index contributed by atoms with van der Waals surface area (Å²) in [6.45, 7) is 5.76. The second-order valence-electron chi connectivity index (χ2n) is 10.0. The third-order valence-corrected chi connectivity index (χ3v) is 8.10. The number of fused-ring (bicyclic) bond motifs is 2. The topological polar surface area (TPSA) is 123 Å². The molecule has 1 aliphatic carbocycles. The lowest BCUT2D eigenvalue weighted by atomic mass is 9.73. The molecule has 0 bridgehead atoms. The number of methoxy groups -OCH3 is 2. The van der Waals surface area contributed by atoms with Gasteiger partial charge in [-0.2, -0.15) is 0 Å². The van der Waals surface area contributed by atoms with Gasteiger partial charge in [0.25, 0.3) is 0 Å². The largest absolute Gasteiger partial charge is 0.507 e. The van der Waals surface area contributed by atoms with Gasteiger partial charge in [0.15, 0.2) is 17.3 Å². The molecule has 3 aromatic rings. The molecule has 2 aromatic carbocycles. The molecule has 0 unspecified atom stereocenters. The number of imidazole rings is 1. The molecular weight excluding hydrogens is 522 g/mol. The highest BCUT2D eigenvalue weighted by atomic mass is 35.5. The van der Waals surface area contributed by atoms with Gasteiger partial charge >= 0.3 is 0 Å². The van der Waals surface area contributed by atoms with Crippen molar-refractivity contribution in [3.05, 3.63) is 58.1 Å². The van der Waals surface area contributed by atoms with Crippen LogP contribution in [-0.2, 0) is 4.79 Å². The zero-order valence-corrected chi connectivity index (χ0v) is 23.1. The van der Waals surface area contributed by atoms with Gasteiger partial charge in [0.2, 0.25) is 11.4 Å². The minimum absolute atomic E-state index is 0.0408. The number of benzene rings is 2. The number of halogens is 1. The lowest BCUT2D eigenvalue weighted by molar-refractivity contribution is -0.118. The summed E-state index contributed by atoms with van der Waals surface area (Å²) < 4.78 is 16.9. The molecule has 9 nitrogen and oxygen atoms in total. The molecule has 1 spiro atoms. The average Bonchev–Trinajstić information content (AvgIpc) is 3.50. The number of carbonyl (C=O) groups excluding carboxylic acids is 2. The number of aromatic amines is 1. The van der Waals surface area contributed by atoms with E-state index in [1.54, 1.807) is 6.92 Å². The van der Waals surface area contributed by atoms with Gasteiger partial charge in [0.05, 0.1) is 30.8 Å². The van der Waals surface area contributed by atoms with Gasteiger partial charge in [-0.05, 0) is 18.1 Å². The summed E-state index contributed by atoms with van der Waals surface area (Å²) in [5, 5.41) is 11.6. The SMILES string of the molecule is CC[C@H](C)[C@H](N=CC1=C(O)[C@@]2(Oc3c(Cl)c(OC)cc(OC)c3C2=O)[C@H](C)CC1=O)c1nc2ccccc2[nH]1. The van der Waals surface area contributed by atoms with Gasteiger partial charge in [0.1, 0.15) is 34.0 Å². The van der Waals surface area contributed by atoms with Crippen molar-refractivity contribution >= 4 is 40.4 Å². The van der Waals surface area contributed by atoms with E-state index in [1.807, 2.05) is 38.1 Å². The second kappa shape index (κ2) is 10.0. The fraction of sp³-hybridized carbons (Fsp3) is 0.379. The Hall–Kier alpha value is -3.85. The number of aliphatic hydroxyl groups excluding tert-OH is 1. The smallest absolute Gasteiger partial charge is 0.231 e. The van der Waals surface area contributed by atoms with Crippen molar-refractivity contribution in [3.63, 3.8) is 0 Å². The lowest BCUT2D eigenvalue weighted by Crippen LogP contribution is -2.52. The summed E-state index contributed by atoms with van der Waals surface area (Å²) in [7, 11) is 2.85. The Kier molecular flexibility index (Phi) is 6.88. The standard InChI is InChI=1S/C29H30ClN3O6/c1-6-14(2)24(28-32-17-9-7-8-10-18(17)33-28)31-13-16-19(34)11-15(3)29(26(16)35)27(36)22-20(37-4)12-21(38-5)23(30)25(22)39-29/h7-10,12-15,24,35H,6,11H2,1-5H3,(H,32,33)/t14-,15+,24-,29-/m0/s1. The summed E-state index contributed by atoms with van der Waals surface area (Å²) in [4.78, 5) is 39.8. The molecular formula is C29H30ClN3O6. The number of Topliss-reactive ketones (excluding diaryl/α,β-unsaturated/α-hetero) is 2. The number of hydrogen-bond acceptors (Lipinski definition) is 8. The van der Waals surface area contributed by atoms with Crippen LogP contribution in [0, 0.1) is 11.8 Å². The number of aliphatic imine (C=N–C) groups is 1. The third kappa shape index (κ3) is 4.07. The van der Waals surface area contributed by atoms with Crippen LogP contribution in [0.5, 0.6) is 17.2 Å². The molecule has 2 heterocycles. The Morgan fingerprint density at radius 1 is 1.28 bits per heavy atom. The average molecular weight is 552 g/mol. The number of ketones is 2. The number of aromatic nitrogens is 2. The van der Waals surface area contributed by atoms with Crippen LogP contribution in [0.25, 0.3) is 11.0 Å². The highest BCUT2D eigenvalue weighted by molar-refractivity contribution is 6.35. The first kappa shape index (κ1) is 26.7. The molecule has 0 fully saturated rings. The van der Waals surface area contributed by atoms with Crippen LogP contribution in [-0.4, -0.2) is 52.7 Å². The van der Waals surface area contributed by atoms with E-state index in [4.69, 9.17) is 35.8 Å². The summed E-state index contributed by atoms with van der Waals surface area (Å²) in [5.74, 6) is -0.858. The first-order chi connectivity index (χ1) is 18.7. The Labute approximate surface area is 230 Å².